The van der Waals surface area contributed by atoms with E-state index in [4.69, 9.17) is 0 Å². The molecule has 5 nitrogen and oxygen atoms in total. The predicted octanol–water partition coefficient (Wildman–Crippen LogP) is 1.95. The van der Waals surface area contributed by atoms with E-state index in [1.807, 2.05) is 0 Å². The maximum absolute atomic E-state index is 12.5. The first-order chi connectivity index (χ1) is 10.3. The van der Waals surface area contributed by atoms with Crippen molar-refractivity contribution in [3.05, 3.63) is 33.7 Å². The van der Waals surface area contributed by atoms with Crippen LogP contribution in [-0.2, 0) is 6.42 Å². The van der Waals surface area contributed by atoms with Gasteiger partial charge in [0.15, 0.2) is 0 Å². The lowest BCUT2D eigenvalue weighted by Gasteiger charge is -2.28. The lowest BCUT2D eigenvalue weighted by Crippen LogP contribution is -2.42. The maximum Gasteiger partial charge on any atom is 0.253 e. The van der Waals surface area contributed by atoms with Gasteiger partial charge in [0.2, 0.25) is 5.56 Å². The fraction of sp³-hybridized carbons (Fsp3) is 0.647. The first-order valence-corrected chi connectivity index (χ1v) is 8.00. The third-order valence-corrected chi connectivity index (χ3v) is 4.19. The molecule has 122 valence electrons. The molecule has 0 atom stereocenters. The number of nitrogens with zero attached hydrogens (tertiary/aromatic N) is 1. The molecule has 1 heterocycles. The van der Waals surface area contributed by atoms with Crippen LogP contribution in [0.2, 0.25) is 0 Å². The molecule has 1 saturated carbocycles. The Morgan fingerprint density at radius 3 is 2.59 bits per heavy atom. The van der Waals surface area contributed by atoms with Crippen LogP contribution in [0.5, 0.6) is 0 Å². The van der Waals surface area contributed by atoms with Crippen LogP contribution in [-0.4, -0.2) is 40.1 Å². The summed E-state index contributed by atoms with van der Waals surface area (Å²) in [7, 11) is 1.68. The van der Waals surface area contributed by atoms with Gasteiger partial charge in [0.25, 0.3) is 5.91 Å². The molecule has 1 fully saturated rings. The molecule has 5 heteroatoms. The SMILES string of the molecule is CC(C)Cc1cc(C(=O)N(C)CC2(O)CCCC2)cc(=O)[nH]1. The molecule has 1 amide bonds. The topological polar surface area (TPSA) is 73.4 Å². The van der Waals surface area contributed by atoms with Gasteiger partial charge in [-0.1, -0.05) is 26.7 Å². The van der Waals surface area contributed by atoms with E-state index in [9.17, 15) is 14.7 Å². The summed E-state index contributed by atoms with van der Waals surface area (Å²) in [6.07, 6.45) is 4.20. The third kappa shape index (κ3) is 4.19. The Hall–Kier alpha value is -1.62. The van der Waals surface area contributed by atoms with Gasteiger partial charge in [0.05, 0.1) is 5.60 Å². The number of likely N-dealkylation sites (N-methyl/N-ethyl adjacent to an activating group) is 1. The summed E-state index contributed by atoms with van der Waals surface area (Å²) in [5.74, 6) is 0.189. The zero-order valence-electron chi connectivity index (χ0n) is 13.7. The van der Waals surface area contributed by atoms with E-state index in [0.29, 0.717) is 18.0 Å². The lowest BCUT2D eigenvalue weighted by molar-refractivity contribution is 0.0156. The number of nitrogens with one attached hydrogen (secondary N) is 1. The number of aromatic nitrogens is 1. The van der Waals surface area contributed by atoms with E-state index in [1.54, 1.807) is 13.1 Å². The van der Waals surface area contributed by atoms with Crippen LogP contribution in [0.1, 0.15) is 55.6 Å². The zero-order valence-corrected chi connectivity index (χ0v) is 13.7. The Morgan fingerprint density at radius 2 is 2.00 bits per heavy atom. The minimum Gasteiger partial charge on any atom is -0.388 e. The molecule has 0 spiro atoms. The lowest BCUT2D eigenvalue weighted by atomic mass is 10.0. The average Bonchev–Trinajstić information content (AvgIpc) is 2.82. The van der Waals surface area contributed by atoms with Crippen LogP contribution in [0.4, 0.5) is 0 Å². The molecule has 0 radical (unpaired) electrons. The standard InChI is InChI=1S/C17H26N2O3/c1-12(2)8-14-9-13(10-15(20)18-14)16(21)19(3)11-17(22)6-4-5-7-17/h9-10,12,22H,4-8,11H2,1-3H3,(H,18,20). The number of pyridine rings is 1. The van der Waals surface area contributed by atoms with Crippen LogP contribution in [0, 0.1) is 5.92 Å². The van der Waals surface area contributed by atoms with Gasteiger partial charge in [-0.3, -0.25) is 9.59 Å². The molecule has 2 N–H and O–H groups in total. The number of rotatable bonds is 5. The fourth-order valence-electron chi connectivity index (χ4n) is 3.20. The molecule has 0 aromatic carbocycles. The van der Waals surface area contributed by atoms with Crippen LogP contribution in [0.25, 0.3) is 0 Å². The van der Waals surface area contributed by atoms with Gasteiger partial charge in [0.1, 0.15) is 0 Å². The second-order valence-electron chi connectivity index (χ2n) is 6.95. The highest BCUT2D eigenvalue weighted by atomic mass is 16.3. The van der Waals surface area contributed by atoms with Crippen molar-refractivity contribution in [2.75, 3.05) is 13.6 Å². The van der Waals surface area contributed by atoms with Crippen molar-refractivity contribution in [2.45, 2.75) is 51.6 Å². The summed E-state index contributed by atoms with van der Waals surface area (Å²) in [4.78, 5) is 28.6. The molecule has 1 aromatic rings. The molecular formula is C17H26N2O3. The molecule has 22 heavy (non-hydrogen) atoms. The summed E-state index contributed by atoms with van der Waals surface area (Å²) in [6, 6.07) is 3.08. The Morgan fingerprint density at radius 1 is 1.36 bits per heavy atom. The monoisotopic (exact) mass is 306 g/mol. The van der Waals surface area contributed by atoms with E-state index in [1.165, 1.54) is 11.0 Å². The molecule has 1 aromatic heterocycles. The number of amides is 1. The molecule has 1 aliphatic rings. The van der Waals surface area contributed by atoms with Crippen LogP contribution >= 0.6 is 0 Å². The Balaban J connectivity index is 2.14. The fourth-order valence-corrected chi connectivity index (χ4v) is 3.20. The number of hydrogen-bond acceptors (Lipinski definition) is 3. The number of hydrogen-bond donors (Lipinski definition) is 2. The highest BCUT2D eigenvalue weighted by molar-refractivity contribution is 5.94. The summed E-state index contributed by atoms with van der Waals surface area (Å²) in [5, 5.41) is 10.4. The number of carbonyl (C=O) groups is 1. The number of aliphatic hydroxyl groups is 1. The largest absolute Gasteiger partial charge is 0.388 e. The summed E-state index contributed by atoms with van der Waals surface area (Å²) >= 11 is 0. The van der Waals surface area contributed by atoms with E-state index >= 15 is 0 Å². The smallest absolute Gasteiger partial charge is 0.253 e. The van der Waals surface area contributed by atoms with Gasteiger partial charge in [-0.05, 0) is 31.2 Å². The Bertz CT molecular complexity index is 586. The molecule has 0 saturated heterocycles. The van der Waals surface area contributed by atoms with Crippen molar-refractivity contribution < 1.29 is 9.90 Å². The zero-order chi connectivity index (χ0) is 16.3. The summed E-state index contributed by atoms with van der Waals surface area (Å²) in [6.45, 7) is 4.45. The van der Waals surface area contributed by atoms with Gasteiger partial charge in [-0.25, -0.2) is 0 Å². The highest BCUT2D eigenvalue weighted by Crippen LogP contribution is 2.30. The summed E-state index contributed by atoms with van der Waals surface area (Å²) in [5.41, 5.74) is 0.142. The number of H-pyrrole nitrogens is 1. The number of aromatic amines is 1. The molecule has 2 rings (SSSR count). The van der Waals surface area contributed by atoms with Gasteiger partial charge in [-0.15, -0.1) is 0 Å². The van der Waals surface area contributed by atoms with Crippen molar-refractivity contribution in [1.29, 1.82) is 0 Å². The molecular weight excluding hydrogens is 280 g/mol. The van der Waals surface area contributed by atoms with Crippen molar-refractivity contribution >= 4 is 5.91 Å². The normalized spacial score (nSPS) is 17.0. The molecule has 0 unspecified atom stereocenters. The van der Waals surface area contributed by atoms with Crippen molar-refractivity contribution in [3.63, 3.8) is 0 Å². The first kappa shape index (κ1) is 16.7. The van der Waals surface area contributed by atoms with E-state index in [0.717, 1.165) is 37.8 Å². The summed E-state index contributed by atoms with van der Waals surface area (Å²) < 4.78 is 0. The van der Waals surface area contributed by atoms with E-state index < -0.39 is 5.60 Å². The first-order valence-electron chi connectivity index (χ1n) is 8.00. The Labute approximate surface area is 131 Å². The third-order valence-electron chi connectivity index (χ3n) is 4.19. The van der Waals surface area contributed by atoms with Gasteiger partial charge < -0.3 is 15.0 Å². The van der Waals surface area contributed by atoms with E-state index in [-0.39, 0.29) is 11.5 Å². The molecule has 0 bridgehead atoms. The van der Waals surface area contributed by atoms with Crippen molar-refractivity contribution in [3.8, 4) is 0 Å². The number of carbonyl (C=O) groups excluding carboxylic acids is 1. The van der Waals surface area contributed by atoms with Crippen molar-refractivity contribution in [1.82, 2.24) is 9.88 Å². The average molecular weight is 306 g/mol. The maximum atomic E-state index is 12.5. The second-order valence-corrected chi connectivity index (χ2v) is 6.95. The minimum absolute atomic E-state index is 0.212. The van der Waals surface area contributed by atoms with Gasteiger partial charge in [-0.2, -0.15) is 0 Å². The molecule has 0 aliphatic heterocycles. The van der Waals surface area contributed by atoms with Crippen LogP contribution < -0.4 is 5.56 Å². The predicted molar refractivity (Wildman–Crippen MR) is 86.0 cm³/mol. The minimum atomic E-state index is -0.771. The van der Waals surface area contributed by atoms with E-state index in [2.05, 4.69) is 18.8 Å². The van der Waals surface area contributed by atoms with Crippen LogP contribution in [0.15, 0.2) is 16.9 Å². The van der Waals surface area contributed by atoms with Gasteiger partial charge >= 0.3 is 0 Å². The van der Waals surface area contributed by atoms with Gasteiger partial charge in [0, 0.05) is 30.9 Å². The quantitative estimate of drug-likeness (QED) is 0.873. The van der Waals surface area contributed by atoms with Crippen molar-refractivity contribution in [2.24, 2.45) is 5.92 Å². The van der Waals surface area contributed by atoms with Crippen LogP contribution in [0.3, 0.4) is 0 Å². The highest BCUT2D eigenvalue weighted by Gasteiger charge is 2.33. The Kier molecular flexibility index (Phi) is 5.06. The molecule has 1 aliphatic carbocycles. The second kappa shape index (κ2) is 6.65.